The molecule has 124 valence electrons. The molecule has 7 heteroatoms. The van der Waals surface area contributed by atoms with Crippen LogP contribution in [0.5, 0.6) is 0 Å². The Kier molecular flexibility index (Phi) is 3.99. The number of para-hydroxylation sites is 1. The van der Waals surface area contributed by atoms with E-state index >= 15 is 0 Å². The molecule has 0 saturated carbocycles. The molecule has 0 atom stereocenters. The molecule has 0 radical (unpaired) electrons. The van der Waals surface area contributed by atoms with E-state index in [4.69, 9.17) is 11.6 Å². The first-order chi connectivity index (χ1) is 12.1. The molecule has 0 aliphatic heterocycles. The smallest absolute Gasteiger partial charge is 0.267 e. The Hall–Kier alpha value is -2.70. The lowest BCUT2D eigenvalue weighted by atomic mass is 10.2. The average molecular weight is 372 g/mol. The van der Waals surface area contributed by atoms with Crippen LogP contribution in [-0.2, 0) is 0 Å². The molecule has 0 amide bonds. The van der Waals surface area contributed by atoms with Crippen LogP contribution in [0, 0.1) is 5.82 Å². The number of halogens is 2. The SMILES string of the molecule is O=c1c2cc(F)ccc2nc(Nc2csc(Cl)c2)n1-c1ccccc1. The number of nitrogens with zero attached hydrogens (tertiary/aromatic N) is 2. The maximum Gasteiger partial charge on any atom is 0.267 e. The molecule has 2 aromatic carbocycles. The number of hydrogen-bond donors (Lipinski definition) is 1. The summed E-state index contributed by atoms with van der Waals surface area (Å²) in [5.74, 6) is -0.138. The molecular weight excluding hydrogens is 361 g/mol. The first-order valence-corrected chi connectivity index (χ1v) is 8.66. The zero-order valence-electron chi connectivity index (χ0n) is 12.7. The minimum absolute atomic E-state index is 0.220. The molecule has 0 spiro atoms. The van der Waals surface area contributed by atoms with Gasteiger partial charge in [0.05, 0.1) is 26.6 Å². The second-order valence-corrected chi connectivity index (χ2v) is 6.88. The Labute approximate surface area is 151 Å². The van der Waals surface area contributed by atoms with Gasteiger partial charge in [-0.05, 0) is 36.4 Å². The van der Waals surface area contributed by atoms with E-state index in [2.05, 4.69) is 10.3 Å². The van der Waals surface area contributed by atoms with Crippen molar-refractivity contribution in [3.05, 3.63) is 80.5 Å². The molecule has 1 N–H and O–H groups in total. The molecule has 0 aliphatic rings. The van der Waals surface area contributed by atoms with E-state index in [1.54, 1.807) is 18.2 Å². The van der Waals surface area contributed by atoms with Crippen molar-refractivity contribution >= 4 is 45.5 Å². The predicted octanol–water partition coefficient (Wildman–Crippen LogP) is 4.98. The van der Waals surface area contributed by atoms with E-state index in [1.807, 2.05) is 23.6 Å². The largest absolute Gasteiger partial charge is 0.324 e. The number of hydrogen-bond acceptors (Lipinski definition) is 4. The summed E-state index contributed by atoms with van der Waals surface area (Å²) in [6, 6.07) is 14.8. The third-order valence-corrected chi connectivity index (χ3v) is 4.76. The van der Waals surface area contributed by atoms with Crippen LogP contribution in [0.4, 0.5) is 16.0 Å². The maximum atomic E-state index is 13.6. The van der Waals surface area contributed by atoms with E-state index in [9.17, 15) is 9.18 Å². The normalized spacial score (nSPS) is 11.0. The third kappa shape index (κ3) is 3.01. The summed E-state index contributed by atoms with van der Waals surface area (Å²) in [6.07, 6.45) is 0. The van der Waals surface area contributed by atoms with Gasteiger partial charge in [-0.3, -0.25) is 4.79 Å². The van der Waals surface area contributed by atoms with Crippen LogP contribution in [0.3, 0.4) is 0 Å². The Morgan fingerprint density at radius 3 is 2.64 bits per heavy atom. The highest BCUT2D eigenvalue weighted by Gasteiger charge is 2.14. The van der Waals surface area contributed by atoms with Gasteiger partial charge in [0.1, 0.15) is 5.82 Å². The van der Waals surface area contributed by atoms with Gasteiger partial charge >= 0.3 is 0 Å². The van der Waals surface area contributed by atoms with Gasteiger partial charge in [0.15, 0.2) is 0 Å². The zero-order chi connectivity index (χ0) is 17.4. The number of rotatable bonds is 3. The standard InChI is InChI=1S/C18H11ClFN3OS/c19-16-9-12(10-25-16)21-18-22-15-7-6-11(20)8-14(15)17(24)23(18)13-4-2-1-3-5-13/h1-10H,(H,21,22). The summed E-state index contributed by atoms with van der Waals surface area (Å²) in [6.45, 7) is 0. The molecule has 0 bridgehead atoms. The number of fused-ring (bicyclic) bond motifs is 1. The fraction of sp³-hybridized carbons (Fsp3) is 0. The summed E-state index contributed by atoms with van der Waals surface area (Å²) >= 11 is 7.35. The topological polar surface area (TPSA) is 46.9 Å². The van der Waals surface area contributed by atoms with Crippen LogP contribution in [0.2, 0.25) is 4.34 Å². The highest BCUT2D eigenvalue weighted by Crippen LogP contribution is 2.27. The van der Waals surface area contributed by atoms with E-state index in [0.29, 0.717) is 21.5 Å². The lowest BCUT2D eigenvalue weighted by Crippen LogP contribution is -2.22. The third-order valence-electron chi connectivity index (χ3n) is 3.67. The Morgan fingerprint density at radius 2 is 1.92 bits per heavy atom. The van der Waals surface area contributed by atoms with Crippen LogP contribution < -0.4 is 10.9 Å². The van der Waals surface area contributed by atoms with E-state index < -0.39 is 5.82 Å². The predicted molar refractivity (Wildman–Crippen MR) is 99.9 cm³/mol. The van der Waals surface area contributed by atoms with Crippen molar-refractivity contribution in [3.8, 4) is 5.69 Å². The van der Waals surface area contributed by atoms with E-state index in [1.165, 1.54) is 34.1 Å². The van der Waals surface area contributed by atoms with Gasteiger partial charge in [-0.2, -0.15) is 0 Å². The van der Waals surface area contributed by atoms with Gasteiger partial charge in [0, 0.05) is 5.38 Å². The molecular formula is C18H11ClFN3OS. The summed E-state index contributed by atoms with van der Waals surface area (Å²) in [5, 5.41) is 5.18. The second-order valence-electron chi connectivity index (χ2n) is 5.34. The van der Waals surface area contributed by atoms with Crippen molar-refractivity contribution in [3.63, 3.8) is 0 Å². The van der Waals surface area contributed by atoms with Crippen LogP contribution in [-0.4, -0.2) is 9.55 Å². The molecule has 25 heavy (non-hydrogen) atoms. The van der Waals surface area contributed by atoms with Crippen molar-refractivity contribution in [2.24, 2.45) is 0 Å². The first kappa shape index (κ1) is 15.8. The molecule has 0 saturated heterocycles. The molecule has 0 unspecified atom stereocenters. The highest BCUT2D eigenvalue weighted by molar-refractivity contribution is 7.14. The molecule has 4 rings (SSSR count). The average Bonchev–Trinajstić information content (AvgIpc) is 3.01. The molecule has 0 aliphatic carbocycles. The van der Waals surface area contributed by atoms with Gasteiger partial charge in [-0.25, -0.2) is 13.9 Å². The minimum Gasteiger partial charge on any atom is -0.324 e. The van der Waals surface area contributed by atoms with Crippen LogP contribution in [0.15, 0.2) is 64.8 Å². The fourth-order valence-electron chi connectivity index (χ4n) is 2.56. The molecule has 4 aromatic rings. The monoisotopic (exact) mass is 371 g/mol. The number of nitrogens with one attached hydrogen (secondary N) is 1. The lowest BCUT2D eigenvalue weighted by Gasteiger charge is -2.14. The Morgan fingerprint density at radius 1 is 1.12 bits per heavy atom. The van der Waals surface area contributed by atoms with Crippen LogP contribution >= 0.6 is 22.9 Å². The first-order valence-electron chi connectivity index (χ1n) is 7.40. The Balaban J connectivity index is 1.99. The summed E-state index contributed by atoms with van der Waals surface area (Å²) in [5.41, 5.74) is 1.44. The van der Waals surface area contributed by atoms with Crippen molar-refractivity contribution in [2.75, 3.05) is 5.32 Å². The number of aromatic nitrogens is 2. The zero-order valence-corrected chi connectivity index (χ0v) is 14.3. The number of anilines is 2. The molecule has 4 nitrogen and oxygen atoms in total. The quantitative estimate of drug-likeness (QED) is 0.552. The summed E-state index contributed by atoms with van der Waals surface area (Å²) < 4.78 is 15.6. The van der Waals surface area contributed by atoms with Gasteiger partial charge in [-0.1, -0.05) is 29.8 Å². The van der Waals surface area contributed by atoms with Crippen molar-refractivity contribution < 1.29 is 4.39 Å². The van der Waals surface area contributed by atoms with Gasteiger partial charge in [0.2, 0.25) is 5.95 Å². The van der Waals surface area contributed by atoms with E-state index in [0.717, 1.165) is 5.69 Å². The molecule has 2 heterocycles. The van der Waals surface area contributed by atoms with Crippen molar-refractivity contribution in [1.82, 2.24) is 9.55 Å². The highest BCUT2D eigenvalue weighted by atomic mass is 35.5. The van der Waals surface area contributed by atoms with Crippen molar-refractivity contribution in [2.45, 2.75) is 0 Å². The van der Waals surface area contributed by atoms with Crippen LogP contribution in [0.25, 0.3) is 16.6 Å². The van der Waals surface area contributed by atoms with E-state index in [-0.39, 0.29) is 10.9 Å². The summed E-state index contributed by atoms with van der Waals surface area (Å²) in [4.78, 5) is 17.5. The maximum absolute atomic E-state index is 13.6. The van der Waals surface area contributed by atoms with Crippen LogP contribution in [0.1, 0.15) is 0 Å². The van der Waals surface area contributed by atoms with Gasteiger partial charge in [-0.15, -0.1) is 11.3 Å². The second kappa shape index (κ2) is 6.31. The minimum atomic E-state index is -0.476. The molecule has 0 fully saturated rings. The number of thiophene rings is 1. The number of benzene rings is 2. The Bertz CT molecular complexity index is 1120. The summed E-state index contributed by atoms with van der Waals surface area (Å²) in [7, 11) is 0. The lowest BCUT2D eigenvalue weighted by molar-refractivity contribution is 0.629. The van der Waals surface area contributed by atoms with Gasteiger partial charge < -0.3 is 5.32 Å². The molecule has 2 aromatic heterocycles. The van der Waals surface area contributed by atoms with Gasteiger partial charge in [0.25, 0.3) is 5.56 Å². The van der Waals surface area contributed by atoms with Crippen molar-refractivity contribution in [1.29, 1.82) is 0 Å². The fourth-order valence-corrected chi connectivity index (χ4v) is 3.38.